The quantitative estimate of drug-likeness (QED) is 0.850. The van der Waals surface area contributed by atoms with Crippen LogP contribution < -0.4 is 10.1 Å². The number of benzene rings is 1. The van der Waals surface area contributed by atoms with E-state index < -0.39 is 0 Å². The number of ether oxygens (including phenoxy) is 1. The van der Waals surface area contributed by atoms with Crippen LogP contribution in [-0.4, -0.2) is 43.2 Å². The lowest BCUT2D eigenvalue weighted by Crippen LogP contribution is -2.42. The van der Waals surface area contributed by atoms with Gasteiger partial charge in [-0.05, 0) is 57.0 Å². The van der Waals surface area contributed by atoms with E-state index in [2.05, 4.69) is 26.1 Å². The van der Waals surface area contributed by atoms with Crippen LogP contribution in [0.4, 0.5) is 4.39 Å². The fraction of sp³-hybridized carbons (Fsp3) is 0.625. The number of piperidine rings is 1. The molecule has 1 N–H and O–H groups in total. The van der Waals surface area contributed by atoms with Crippen LogP contribution in [0.1, 0.15) is 24.8 Å². The van der Waals surface area contributed by atoms with Crippen molar-refractivity contribution in [3.05, 3.63) is 28.0 Å². The summed E-state index contributed by atoms with van der Waals surface area (Å²) in [6.07, 6.45) is 3.50. The first-order valence-corrected chi connectivity index (χ1v) is 8.50. The van der Waals surface area contributed by atoms with Gasteiger partial charge in [0.15, 0.2) is 11.6 Å². The maximum Gasteiger partial charge on any atom is 0.166 e. The SMILES string of the molecule is Cc1cc(O[C@H]2CCN(C3CCNCC3)C2)c(F)cc1Br.Cl. The second kappa shape index (κ2) is 7.95. The van der Waals surface area contributed by atoms with Crippen molar-refractivity contribution in [1.29, 1.82) is 0 Å². The van der Waals surface area contributed by atoms with E-state index in [0.717, 1.165) is 42.6 Å². The van der Waals surface area contributed by atoms with Gasteiger partial charge in [-0.3, -0.25) is 4.90 Å². The van der Waals surface area contributed by atoms with Gasteiger partial charge < -0.3 is 10.1 Å². The zero-order chi connectivity index (χ0) is 14.8. The Kier molecular flexibility index (Phi) is 6.50. The molecular formula is C16H23BrClFN2O. The first-order valence-electron chi connectivity index (χ1n) is 7.70. The van der Waals surface area contributed by atoms with E-state index >= 15 is 0 Å². The molecule has 0 aliphatic carbocycles. The number of rotatable bonds is 3. The Bertz CT molecular complexity index is 511. The average Bonchev–Trinajstić information content (AvgIpc) is 2.94. The van der Waals surface area contributed by atoms with Crippen molar-refractivity contribution in [3.8, 4) is 5.75 Å². The van der Waals surface area contributed by atoms with Crippen LogP contribution in [0, 0.1) is 12.7 Å². The minimum atomic E-state index is -0.284. The molecule has 3 rings (SSSR count). The summed E-state index contributed by atoms with van der Waals surface area (Å²) in [5, 5.41) is 3.40. The predicted molar refractivity (Wildman–Crippen MR) is 92.6 cm³/mol. The number of nitrogens with one attached hydrogen (secondary N) is 1. The Morgan fingerprint density at radius 3 is 2.73 bits per heavy atom. The van der Waals surface area contributed by atoms with Crippen LogP contribution in [0.3, 0.4) is 0 Å². The van der Waals surface area contributed by atoms with Gasteiger partial charge in [0.2, 0.25) is 0 Å². The van der Waals surface area contributed by atoms with Crippen molar-refractivity contribution in [3.63, 3.8) is 0 Å². The molecule has 0 amide bonds. The van der Waals surface area contributed by atoms with Crippen LogP contribution in [0.2, 0.25) is 0 Å². The summed E-state index contributed by atoms with van der Waals surface area (Å²) in [5.41, 5.74) is 1.000. The minimum Gasteiger partial charge on any atom is -0.486 e. The first-order chi connectivity index (χ1) is 10.1. The van der Waals surface area contributed by atoms with Gasteiger partial charge in [0.05, 0.1) is 0 Å². The smallest absolute Gasteiger partial charge is 0.166 e. The summed E-state index contributed by atoms with van der Waals surface area (Å²) in [7, 11) is 0. The first kappa shape index (κ1) is 18.0. The monoisotopic (exact) mass is 392 g/mol. The van der Waals surface area contributed by atoms with Crippen molar-refractivity contribution in [2.45, 2.75) is 38.3 Å². The average molecular weight is 394 g/mol. The highest BCUT2D eigenvalue weighted by Crippen LogP contribution is 2.28. The van der Waals surface area contributed by atoms with E-state index in [1.807, 2.05) is 6.92 Å². The van der Waals surface area contributed by atoms with Crippen LogP contribution in [-0.2, 0) is 0 Å². The Hall–Kier alpha value is -0.360. The van der Waals surface area contributed by atoms with Crippen LogP contribution in [0.5, 0.6) is 5.75 Å². The van der Waals surface area contributed by atoms with Gasteiger partial charge >= 0.3 is 0 Å². The highest BCUT2D eigenvalue weighted by Gasteiger charge is 2.30. The number of nitrogens with zero attached hydrogens (tertiary/aromatic N) is 1. The maximum absolute atomic E-state index is 14.0. The molecule has 1 aromatic carbocycles. The molecule has 3 nitrogen and oxygen atoms in total. The number of hydrogen-bond acceptors (Lipinski definition) is 3. The van der Waals surface area contributed by atoms with Crippen LogP contribution >= 0.6 is 28.3 Å². The molecular weight excluding hydrogens is 371 g/mol. The van der Waals surface area contributed by atoms with Crippen LogP contribution in [0.25, 0.3) is 0 Å². The number of likely N-dealkylation sites (tertiary alicyclic amines) is 1. The lowest BCUT2D eigenvalue weighted by molar-refractivity contribution is 0.155. The van der Waals surface area contributed by atoms with Gasteiger partial charge in [0, 0.05) is 23.6 Å². The van der Waals surface area contributed by atoms with E-state index in [0.29, 0.717) is 11.8 Å². The summed E-state index contributed by atoms with van der Waals surface area (Å²) >= 11 is 3.34. The molecule has 0 radical (unpaired) electrons. The molecule has 1 aromatic rings. The molecule has 2 fully saturated rings. The predicted octanol–water partition coefficient (Wildman–Crippen LogP) is 3.52. The Morgan fingerprint density at radius 1 is 1.27 bits per heavy atom. The van der Waals surface area contributed by atoms with Gasteiger partial charge in [-0.2, -0.15) is 0 Å². The van der Waals surface area contributed by atoms with E-state index in [9.17, 15) is 4.39 Å². The Morgan fingerprint density at radius 2 is 2.00 bits per heavy atom. The fourth-order valence-corrected chi connectivity index (χ4v) is 3.57. The second-order valence-electron chi connectivity index (χ2n) is 6.04. The summed E-state index contributed by atoms with van der Waals surface area (Å²) in [6, 6.07) is 3.94. The lowest BCUT2D eigenvalue weighted by Gasteiger charge is -2.31. The molecule has 2 saturated heterocycles. The molecule has 124 valence electrons. The number of aryl methyl sites for hydroxylation is 1. The van der Waals surface area contributed by atoms with E-state index in [4.69, 9.17) is 4.74 Å². The van der Waals surface area contributed by atoms with E-state index in [1.165, 1.54) is 18.9 Å². The molecule has 0 aromatic heterocycles. The number of hydrogen-bond donors (Lipinski definition) is 1. The summed E-state index contributed by atoms with van der Waals surface area (Å²) < 4.78 is 20.7. The molecule has 6 heteroatoms. The highest BCUT2D eigenvalue weighted by molar-refractivity contribution is 9.10. The van der Waals surface area contributed by atoms with Crippen molar-refractivity contribution >= 4 is 28.3 Å². The van der Waals surface area contributed by atoms with Crippen LogP contribution in [0.15, 0.2) is 16.6 Å². The van der Waals surface area contributed by atoms with Crippen molar-refractivity contribution in [2.75, 3.05) is 26.2 Å². The topological polar surface area (TPSA) is 24.5 Å². The van der Waals surface area contributed by atoms with Gasteiger partial charge in [0.25, 0.3) is 0 Å². The van der Waals surface area contributed by atoms with Crippen molar-refractivity contribution < 1.29 is 9.13 Å². The molecule has 0 unspecified atom stereocenters. The largest absolute Gasteiger partial charge is 0.486 e. The second-order valence-corrected chi connectivity index (χ2v) is 6.89. The molecule has 1 atom stereocenters. The molecule has 22 heavy (non-hydrogen) atoms. The molecule has 2 aliphatic rings. The number of halogens is 3. The zero-order valence-electron chi connectivity index (χ0n) is 12.8. The standard InChI is InChI=1S/C16H22BrFN2O.ClH/c1-11-8-16(15(18)9-14(11)17)21-13-4-7-20(10-13)12-2-5-19-6-3-12;/h8-9,12-13,19H,2-7,10H2,1H3;1H/t13-;/m0./s1. The molecule has 2 aliphatic heterocycles. The Balaban J connectivity index is 0.00000176. The van der Waals surface area contributed by atoms with Gasteiger partial charge in [0.1, 0.15) is 6.10 Å². The summed E-state index contributed by atoms with van der Waals surface area (Å²) in [4.78, 5) is 2.51. The molecule has 2 heterocycles. The molecule has 0 bridgehead atoms. The maximum atomic E-state index is 14.0. The Labute approximate surface area is 146 Å². The highest BCUT2D eigenvalue weighted by atomic mass is 79.9. The third kappa shape index (κ3) is 4.13. The van der Waals surface area contributed by atoms with E-state index in [1.54, 1.807) is 6.07 Å². The van der Waals surface area contributed by atoms with E-state index in [-0.39, 0.29) is 24.3 Å². The third-order valence-electron chi connectivity index (χ3n) is 4.51. The summed E-state index contributed by atoms with van der Waals surface area (Å²) in [5.74, 6) is 0.0978. The fourth-order valence-electron chi connectivity index (χ4n) is 3.25. The molecule has 0 saturated carbocycles. The van der Waals surface area contributed by atoms with Crippen molar-refractivity contribution in [1.82, 2.24) is 10.2 Å². The third-order valence-corrected chi connectivity index (χ3v) is 5.36. The minimum absolute atomic E-state index is 0. The van der Waals surface area contributed by atoms with Gasteiger partial charge in [-0.1, -0.05) is 15.9 Å². The zero-order valence-corrected chi connectivity index (χ0v) is 15.2. The lowest BCUT2D eigenvalue weighted by atomic mass is 10.1. The van der Waals surface area contributed by atoms with Crippen molar-refractivity contribution in [2.24, 2.45) is 0 Å². The molecule has 0 spiro atoms. The normalized spacial score (nSPS) is 23.3. The van der Waals surface area contributed by atoms with Gasteiger partial charge in [-0.15, -0.1) is 12.4 Å². The van der Waals surface area contributed by atoms with Gasteiger partial charge in [-0.25, -0.2) is 4.39 Å². The summed E-state index contributed by atoms with van der Waals surface area (Å²) in [6.45, 7) is 6.14.